The number of carboxylic acid groups (broad SMARTS) is 1. The highest BCUT2D eigenvalue weighted by atomic mass is 16.5. The summed E-state index contributed by atoms with van der Waals surface area (Å²) in [5.74, 6) is -0.176. The normalized spacial score (nSPS) is 13.1. The SMILES string of the molecule is CCCC(OCCCC(C)C)C(=O)O. The van der Waals surface area contributed by atoms with Crippen LogP contribution in [0.3, 0.4) is 0 Å². The van der Waals surface area contributed by atoms with Crippen molar-refractivity contribution in [1.82, 2.24) is 0 Å². The van der Waals surface area contributed by atoms with E-state index in [4.69, 9.17) is 9.84 Å². The Labute approximate surface area is 86.5 Å². The first-order valence-corrected chi connectivity index (χ1v) is 5.42. The van der Waals surface area contributed by atoms with Crippen LogP contribution in [0.4, 0.5) is 0 Å². The third-order valence-corrected chi connectivity index (χ3v) is 2.07. The molecule has 0 amide bonds. The molecule has 0 saturated heterocycles. The van der Waals surface area contributed by atoms with E-state index >= 15 is 0 Å². The van der Waals surface area contributed by atoms with Gasteiger partial charge in [0.25, 0.3) is 0 Å². The van der Waals surface area contributed by atoms with Crippen LogP contribution in [0, 0.1) is 5.92 Å². The van der Waals surface area contributed by atoms with Crippen LogP contribution < -0.4 is 0 Å². The quantitative estimate of drug-likeness (QED) is 0.615. The Morgan fingerprint density at radius 3 is 2.43 bits per heavy atom. The molecule has 0 aliphatic carbocycles. The summed E-state index contributed by atoms with van der Waals surface area (Å²) in [4.78, 5) is 10.7. The minimum Gasteiger partial charge on any atom is -0.479 e. The summed E-state index contributed by atoms with van der Waals surface area (Å²) in [5.41, 5.74) is 0. The third-order valence-electron chi connectivity index (χ3n) is 2.07. The Bertz CT molecular complexity index is 155. The van der Waals surface area contributed by atoms with Gasteiger partial charge in [-0.3, -0.25) is 0 Å². The molecule has 3 nitrogen and oxygen atoms in total. The minimum absolute atomic E-state index is 0.565. The fourth-order valence-electron chi connectivity index (χ4n) is 1.26. The number of hydrogen-bond donors (Lipinski definition) is 1. The van der Waals surface area contributed by atoms with Crippen LogP contribution in [0.2, 0.25) is 0 Å². The van der Waals surface area contributed by atoms with Crippen LogP contribution in [0.15, 0.2) is 0 Å². The molecule has 1 unspecified atom stereocenters. The zero-order chi connectivity index (χ0) is 11.0. The molecule has 84 valence electrons. The highest BCUT2D eigenvalue weighted by Gasteiger charge is 2.15. The highest BCUT2D eigenvalue weighted by molar-refractivity contribution is 5.72. The molecule has 0 aliphatic heterocycles. The molecule has 0 radical (unpaired) electrons. The number of carboxylic acids is 1. The Morgan fingerprint density at radius 1 is 1.36 bits per heavy atom. The van der Waals surface area contributed by atoms with Crippen LogP contribution in [0.1, 0.15) is 46.5 Å². The lowest BCUT2D eigenvalue weighted by molar-refractivity contribution is -0.150. The maximum absolute atomic E-state index is 10.7. The highest BCUT2D eigenvalue weighted by Crippen LogP contribution is 2.07. The number of rotatable bonds is 8. The fourth-order valence-corrected chi connectivity index (χ4v) is 1.26. The predicted octanol–water partition coefficient (Wildman–Crippen LogP) is 2.69. The van der Waals surface area contributed by atoms with Gasteiger partial charge in [-0.05, 0) is 25.2 Å². The van der Waals surface area contributed by atoms with Gasteiger partial charge in [-0.2, -0.15) is 0 Å². The van der Waals surface area contributed by atoms with Gasteiger partial charge in [-0.15, -0.1) is 0 Å². The van der Waals surface area contributed by atoms with E-state index in [1.54, 1.807) is 0 Å². The Balaban J connectivity index is 3.56. The maximum atomic E-state index is 10.7. The molecule has 0 spiro atoms. The molecule has 0 bridgehead atoms. The lowest BCUT2D eigenvalue weighted by Gasteiger charge is -2.12. The van der Waals surface area contributed by atoms with Crippen LogP contribution in [-0.4, -0.2) is 23.8 Å². The van der Waals surface area contributed by atoms with Crippen LogP contribution in [0.25, 0.3) is 0 Å². The molecule has 0 aliphatic rings. The van der Waals surface area contributed by atoms with Crippen molar-refractivity contribution < 1.29 is 14.6 Å². The van der Waals surface area contributed by atoms with Gasteiger partial charge in [0.15, 0.2) is 6.10 Å². The molecule has 0 heterocycles. The molecular formula is C11H22O3. The molecule has 0 rings (SSSR count). The average Bonchev–Trinajstić information content (AvgIpc) is 2.09. The second-order valence-corrected chi connectivity index (χ2v) is 4.02. The van der Waals surface area contributed by atoms with E-state index in [-0.39, 0.29) is 0 Å². The monoisotopic (exact) mass is 202 g/mol. The van der Waals surface area contributed by atoms with Crippen LogP contribution in [-0.2, 0) is 9.53 Å². The van der Waals surface area contributed by atoms with Crippen molar-refractivity contribution in [2.45, 2.75) is 52.6 Å². The Hall–Kier alpha value is -0.570. The summed E-state index contributed by atoms with van der Waals surface area (Å²) in [6.45, 7) is 6.84. The Morgan fingerprint density at radius 2 is 2.00 bits per heavy atom. The summed E-state index contributed by atoms with van der Waals surface area (Å²) in [7, 11) is 0. The molecule has 1 atom stereocenters. The van der Waals surface area contributed by atoms with E-state index in [1.165, 1.54) is 0 Å². The molecule has 0 aromatic carbocycles. The predicted molar refractivity (Wildman–Crippen MR) is 56.4 cm³/mol. The van der Waals surface area contributed by atoms with Crippen LogP contribution >= 0.6 is 0 Å². The van der Waals surface area contributed by atoms with Crippen molar-refractivity contribution in [3.05, 3.63) is 0 Å². The van der Waals surface area contributed by atoms with Crippen molar-refractivity contribution in [3.8, 4) is 0 Å². The zero-order valence-corrected chi connectivity index (χ0v) is 9.45. The van der Waals surface area contributed by atoms with Gasteiger partial charge in [-0.1, -0.05) is 27.2 Å². The molecular weight excluding hydrogens is 180 g/mol. The van der Waals surface area contributed by atoms with Gasteiger partial charge in [-0.25, -0.2) is 4.79 Å². The van der Waals surface area contributed by atoms with Crippen molar-refractivity contribution >= 4 is 5.97 Å². The third kappa shape index (κ3) is 6.89. The second kappa shape index (κ2) is 7.80. The molecule has 0 saturated carbocycles. The van der Waals surface area contributed by atoms with Gasteiger partial charge in [0, 0.05) is 6.61 Å². The van der Waals surface area contributed by atoms with Gasteiger partial charge >= 0.3 is 5.97 Å². The van der Waals surface area contributed by atoms with Gasteiger partial charge in [0.2, 0.25) is 0 Å². The summed E-state index contributed by atoms with van der Waals surface area (Å²) >= 11 is 0. The first-order valence-electron chi connectivity index (χ1n) is 5.42. The molecule has 1 N–H and O–H groups in total. The summed E-state index contributed by atoms with van der Waals surface area (Å²) in [6, 6.07) is 0. The smallest absolute Gasteiger partial charge is 0.332 e. The van der Waals surface area contributed by atoms with Gasteiger partial charge in [0.1, 0.15) is 0 Å². The van der Waals surface area contributed by atoms with Gasteiger partial charge < -0.3 is 9.84 Å². The summed E-state index contributed by atoms with van der Waals surface area (Å²) in [6.07, 6.45) is 2.90. The molecule has 0 fully saturated rings. The van der Waals surface area contributed by atoms with Crippen molar-refractivity contribution in [3.63, 3.8) is 0 Å². The van der Waals surface area contributed by atoms with Crippen molar-refractivity contribution in [1.29, 1.82) is 0 Å². The zero-order valence-electron chi connectivity index (χ0n) is 9.45. The second-order valence-electron chi connectivity index (χ2n) is 4.02. The van der Waals surface area contributed by atoms with Crippen LogP contribution in [0.5, 0.6) is 0 Å². The molecule has 0 aromatic rings. The largest absolute Gasteiger partial charge is 0.479 e. The standard InChI is InChI=1S/C11H22O3/c1-4-6-10(11(12)13)14-8-5-7-9(2)3/h9-10H,4-8H2,1-3H3,(H,12,13). The van der Waals surface area contributed by atoms with E-state index in [1.807, 2.05) is 6.92 Å². The topological polar surface area (TPSA) is 46.5 Å². The first kappa shape index (κ1) is 13.4. The summed E-state index contributed by atoms with van der Waals surface area (Å²) < 4.78 is 5.29. The van der Waals surface area contributed by atoms with E-state index < -0.39 is 12.1 Å². The number of aliphatic carboxylic acids is 1. The summed E-state index contributed by atoms with van der Waals surface area (Å²) in [5, 5.41) is 8.79. The minimum atomic E-state index is -0.837. The van der Waals surface area contributed by atoms with E-state index in [0.29, 0.717) is 18.9 Å². The molecule has 14 heavy (non-hydrogen) atoms. The first-order chi connectivity index (χ1) is 6.57. The van der Waals surface area contributed by atoms with E-state index in [2.05, 4.69) is 13.8 Å². The fraction of sp³-hybridized carbons (Fsp3) is 0.909. The number of carbonyl (C=O) groups is 1. The molecule has 3 heteroatoms. The average molecular weight is 202 g/mol. The maximum Gasteiger partial charge on any atom is 0.332 e. The lowest BCUT2D eigenvalue weighted by Crippen LogP contribution is -2.24. The Kier molecular flexibility index (Phi) is 7.48. The van der Waals surface area contributed by atoms with Crippen molar-refractivity contribution in [2.24, 2.45) is 5.92 Å². The van der Waals surface area contributed by atoms with E-state index in [9.17, 15) is 4.79 Å². The van der Waals surface area contributed by atoms with Crippen molar-refractivity contribution in [2.75, 3.05) is 6.61 Å². The lowest BCUT2D eigenvalue weighted by atomic mass is 10.1. The molecule has 0 aromatic heterocycles. The van der Waals surface area contributed by atoms with E-state index in [0.717, 1.165) is 19.3 Å². The number of ether oxygens (including phenoxy) is 1. The van der Waals surface area contributed by atoms with Gasteiger partial charge in [0.05, 0.1) is 0 Å². The number of hydrogen-bond acceptors (Lipinski definition) is 2.